The molecule has 1 aromatic carbocycles. The Balaban J connectivity index is 1.21. The maximum atomic E-state index is 12.8. The number of piperidine rings is 3. The molecule has 1 saturated carbocycles. The van der Waals surface area contributed by atoms with E-state index in [0.29, 0.717) is 61.3 Å². The van der Waals surface area contributed by atoms with Crippen LogP contribution in [0.2, 0.25) is 0 Å². The number of phenolic OH excluding ortho intramolecular Hbond substituents is 1. The Morgan fingerprint density at radius 2 is 1.79 bits per heavy atom. The van der Waals surface area contributed by atoms with Crippen molar-refractivity contribution in [3.63, 3.8) is 0 Å². The number of aromatic hydroxyl groups is 1. The first kappa shape index (κ1) is 41.6. The maximum Gasteiger partial charge on any atom is 0.302 e. The lowest BCUT2D eigenvalue weighted by Gasteiger charge is -2.54. The van der Waals surface area contributed by atoms with Gasteiger partial charge in [0, 0.05) is 63.9 Å². The van der Waals surface area contributed by atoms with Crippen LogP contribution < -0.4 is 21.1 Å². The van der Waals surface area contributed by atoms with Crippen LogP contribution in [0, 0.1) is 40.9 Å². The first-order chi connectivity index (χ1) is 28.0. The zero-order chi connectivity index (χ0) is 40.4. The highest BCUT2D eigenvalue weighted by molar-refractivity contribution is 5.78. The summed E-state index contributed by atoms with van der Waals surface area (Å²) in [5, 5.41) is 53.5. The molecule has 58 heavy (non-hydrogen) atoms. The van der Waals surface area contributed by atoms with Crippen molar-refractivity contribution in [1.82, 2.24) is 20.4 Å². The Morgan fingerprint density at radius 1 is 1.00 bits per heavy atom. The molecule has 2 aliphatic carbocycles. The number of nitrogens with one attached hydrogen (secondary N) is 2. The molecular formula is C45H68N6O7. The number of ether oxygens (including phenoxy) is 2. The second kappa shape index (κ2) is 17.8. The van der Waals surface area contributed by atoms with Crippen molar-refractivity contribution in [1.29, 1.82) is 0 Å². The van der Waals surface area contributed by atoms with Gasteiger partial charge in [0.1, 0.15) is 12.2 Å². The molecule has 0 radical (unpaired) electrons. The molecule has 320 valence electrons. The number of hydrogen-bond acceptors (Lipinski definition) is 13. The summed E-state index contributed by atoms with van der Waals surface area (Å²) in [6.07, 6.45) is 9.79. The molecule has 2 unspecified atom stereocenters. The van der Waals surface area contributed by atoms with Gasteiger partial charge >= 0.3 is 5.97 Å². The second-order valence-corrected chi connectivity index (χ2v) is 19.1. The highest BCUT2D eigenvalue weighted by atomic mass is 16.5. The van der Waals surface area contributed by atoms with Gasteiger partial charge in [-0.1, -0.05) is 24.7 Å². The van der Waals surface area contributed by atoms with Gasteiger partial charge in [-0.15, -0.1) is 0 Å². The Hall–Kier alpha value is -3.12. The van der Waals surface area contributed by atoms with E-state index >= 15 is 0 Å². The van der Waals surface area contributed by atoms with Gasteiger partial charge in [0.2, 0.25) is 0 Å². The van der Waals surface area contributed by atoms with Gasteiger partial charge in [-0.25, -0.2) is 0 Å². The number of aliphatic imine (C=N–C) groups is 1. The predicted octanol–water partition coefficient (Wildman–Crippen LogP) is 3.00. The van der Waals surface area contributed by atoms with Gasteiger partial charge in [0.25, 0.3) is 0 Å². The van der Waals surface area contributed by atoms with E-state index in [-0.39, 0.29) is 55.0 Å². The quantitative estimate of drug-likeness (QED) is 0.172. The summed E-state index contributed by atoms with van der Waals surface area (Å²) in [4.78, 5) is 22.9. The number of aliphatic hydroxyl groups excluding tert-OH is 3. The van der Waals surface area contributed by atoms with E-state index in [1.54, 1.807) is 6.07 Å². The average Bonchev–Trinajstić information content (AvgIpc) is 3.20. The first-order valence-electron chi connectivity index (χ1n) is 22.5. The molecule has 8 aliphatic rings. The van der Waals surface area contributed by atoms with E-state index in [4.69, 9.17) is 20.2 Å². The van der Waals surface area contributed by atoms with Crippen LogP contribution in [-0.4, -0.2) is 124 Å². The van der Waals surface area contributed by atoms with Crippen LogP contribution >= 0.6 is 0 Å². The Kier molecular flexibility index (Phi) is 12.8. The van der Waals surface area contributed by atoms with Gasteiger partial charge in [-0.05, 0) is 119 Å². The number of nitrogens with zero attached hydrogens (tertiary/aromatic N) is 3. The molecule has 12 atom stereocenters. The zero-order valence-corrected chi connectivity index (χ0v) is 34.5. The van der Waals surface area contributed by atoms with Crippen molar-refractivity contribution in [2.45, 2.75) is 146 Å². The second-order valence-electron chi connectivity index (χ2n) is 19.1. The molecule has 13 heteroatoms. The molecule has 0 aromatic heterocycles. The molecule has 6 aliphatic heterocycles. The molecule has 2 spiro atoms. The van der Waals surface area contributed by atoms with Crippen LogP contribution in [0.15, 0.2) is 17.1 Å². The highest BCUT2D eigenvalue weighted by Crippen LogP contribution is 2.42. The van der Waals surface area contributed by atoms with Gasteiger partial charge < -0.3 is 51.2 Å². The predicted molar refractivity (Wildman–Crippen MR) is 221 cm³/mol. The van der Waals surface area contributed by atoms with Crippen molar-refractivity contribution in [3.8, 4) is 23.3 Å². The topological polar surface area (TPSA) is 185 Å². The fourth-order valence-corrected chi connectivity index (χ4v) is 11.9. The molecule has 8 bridgehead atoms. The summed E-state index contributed by atoms with van der Waals surface area (Å²) in [6.45, 7) is 6.47. The fourth-order valence-electron chi connectivity index (χ4n) is 11.9. The maximum absolute atomic E-state index is 12.8. The fraction of sp³-hybridized carbons (Fsp3) is 0.778. The minimum atomic E-state index is -0.995. The number of phenols is 1. The Bertz CT molecular complexity index is 1700. The van der Waals surface area contributed by atoms with Gasteiger partial charge in [0.05, 0.1) is 36.4 Å². The number of carbonyl (C=O) groups is 1. The smallest absolute Gasteiger partial charge is 0.302 e. The average molecular weight is 805 g/mol. The van der Waals surface area contributed by atoms with Gasteiger partial charge in [-0.3, -0.25) is 14.7 Å². The largest absolute Gasteiger partial charge is 0.504 e. The van der Waals surface area contributed by atoms with Crippen molar-refractivity contribution in [3.05, 3.63) is 23.3 Å². The third-order valence-electron chi connectivity index (χ3n) is 14.9. The van der Waals surface area contributed by atoms with Crippen LogP contribution in [0.5, 0.6) is 11.5 Å². The number of hydrogen-bond donors (Lipinski definition) is 7. The SMILES string of the molecule is CC(=O)O[C@H]1C[C@@H](O)CC[C@]2(C#C[C@H]3CCC[C@H]4C[C@@H](CCN4)Oc4cc(c(CO)cc4O)C[C@@H]13)CN=C(N)NC1(CCCCC1)N1C[C@@H]3C[C@@H](CN(C3)C[C@@H]2O)C1. The molecule has 6 heterocycles. The van der Waals surface area contributed by atoms with Crippen molar-refractivity contribution in [2.75, 3.05) is 45.8 Å². The summed E-state index contributed by atoms with van der Waals surface area (Å²) >= 11 is 0. The lowest BCUT2D eigenvalue weighted by molar-refractivity contribution is -0.152. The van der Waals surface area contributed by atoms with E-state index < -0.39 is 29.7 Å². The number of rotatable bonds is 2. The molecule has 4 fully saturated rings. The lowest BCUT2D eigenvalue weighted by Crippen LogP contribution is -2.67. The third kappa shape index (κ3) is 9.27. The minimum absolute atomic E-state index is 0.0145. The summed E-state index contributed by atoms with van der Waals surface area (Å²) < 4.78 is 12.6. The number of esters is 1. The zero-order valence-electron chi connectivity index (χ0n) is 34.5. The third-order valence-corrected chi connectivity index (χ3v) is 14.9. The molecule has 1 aromatic rings. The van der Waals surface area contributed by atoms with E-state index in [1.165, 1.54) is 19.8 Å². The lowest BCUT2D eigenvalue weighted by atomic mass is 9.72. The van der Waals surface area contributed by atoms with Crippen LogP contribution in [0.25, 0.3) is 0 Å². The van der Waals surface area contributed by atoms with Crippen molar-refractivity contribution in [2.24, 2.45) is 39.8 Å². The Labute approximate surface area is 344 Å². The first-order valence-corrected chi connectivity index (χ1v) is 22.5. The summed E-state index contributed by atoms with van der Waals surface area (Å²) in [7, 11) is 0. The standard InChI is InChI=1S/C45H68N6O7/c1-29(53)57-40-21-36(54)9-14-44(28-48-43(46)49-45(11-3-2-4-12-45)51-24-30-16-31(25-51)23-50(22-30)26-42(44)56)13-8-32-6-5-7-35-20-37(10-15-47-35)58-41-19-33(17-38(32)40)34(27-52)18-39(41)55/h18-19,30-32,35-38,40,42,47,52,54-56H,2-7,9-12,14-17,20-28H2,1H3,(H3,46,48,49)/t30-,31+,32-,35+,36+,37-,38-,40+,42+,44-/m1/s1. The van der Waals surface area contributed by atoms with Crippen LogP contribution in [0.3, 0.4) is 0 Å². The Morgan fingerprint density at radius 3 is 2.55 bits per heavy atom. The molecule has 8 N–H and O–H groups in total. The van der Waals surface area contributed by atoms with Crippen LogP contribution in [0.4, 0.5) is 0 Å². The molecule has 9 rings (SSSR count). The number of nitrogens with two attached hydrogens (primary N) is 1. The number of guanidine groups is 1. The summed E-state index contributed by atoms with van der Waals surface area (Å²) in [5.41, 5.74) is 7.00. The van der Waals surface area contributed by atoms with Gasteiger partial charge in [0.15, 0.2) is 17.5 Å². The summed E-state index contributed by atoms with van der Waals surface area (Å²) in [5.74, 6) is 8.13. The minimum Gasteiger partial charge on any atom is -0.504 e. The monoisotopic (exact) mass is 805 g/mol. The number of benzene rings is 1. The highest BCUT2D eigenvalue weighted by Gasteiger charge is 2.47. The molecular weight excluding hydrogens is 737 g/mol. The van der Waals surface area contributed by atoms with Crippen LogP contribution in [-0.2, 0) is 22.6 Å². The van der Waals surface area contributed by atoms with E-state index in [2.05, 4.69) is 32.3 Å². The molecule has 3 saturated heterocycles. The summed E-state index contributed by atoms with van der Waals surface area (Å²) in [6, 6.07) is 3.64. The normalized spacial score (nSPS) is 39.2. The number of carbonyl (C=O) groups excluding carboxylic acids is 1. The van der Waals surface area contributed by atoms with Crippen molar-refractivity contribution >= 4 is 11.9 Å². The van der Waals surface area contributed by atoms with Gasteiger partial charge in [-0.2, -0.15) is 0 Å². The molecule has 13 nitrogen and oxygen atoms in total. The van der Waals surface area contributed by atoms with E-state index in [0.717, 1.165) is 89.7 Å². The number of fused-ring (bicyclic) bond motifs is 8. The van der Waals surface area contributed by atoms with E-state index in [1.807, 2.05) is 6.07 Å². The van der Waals surface area contributed by atoms with Crippen LogP contribution in [0.1, 0.15) is 108 Å². The van der Waals surface area contributed by atoms with E-state index in [9.17, 15) is 25.2 Å². The van der Waals surface area contributed by atoms with Crippen molar-refractivity contribution < 1.29 is 34.7 Å². The molecule has 0 amide bonds. The number of aliphatic hydroxyl groups is 3.